The van der Waals surface area contributed by atoms with E-state index >= 15 is 0 Å². The van der Waals surface area contributed by atoms with Gasteiger partial charge in [0.15, 0.2) is 11.4 Å². The van der Waals surface area contributed by atoms with Crippen molar-refractivity contribution in [2.24, 2.45) is 0 Å². The lowest BCUT2D eigenvalue weighted by Crippen LogP contribution is -2.41. The Labute approximate surface area is 345 Å². The van der Waals surface area contributed by atoms with Gasteiger partial charge in [-0.1, -0.05) is 48.5 Å². The average Bonchev–Trinajstić information content (AvgIpc) is 3.90. The molecular formula is C44H38BBrN10O2. The summed E-state index contributed by atoms with van der Waals surface area (Å²) in [5.74, 6) is 0. The minimum Gasteiger partial charge on any atom is -0.399 e. The van der Waals surface area contributed by atoms with Crippen molar-refractivity contribution >= 4 is 73.1 Å². The van der Waals surface area contributed by atoms with Crippen LogP contribution in [0.2, 0.25) is 0 Å². The van der Waals surface area contributed by atoms with Crippen molar-refractivity contribution in [2.75, 3.05) is 11.5 Å². The van der Waals surface area contributed by atoms with E-state index in [9.17, 15) is 0 Å². The van der Waals surface area contributed by atoms with E-state index in [1.807, 2.05) is 116 Å². The van der Waals surface area contributed by atoms with Crippen LogP contribution < -0.4 is 16.9 Å². The Balaban J connectivity index is 0.000000149. The number of nitrogen functional groups attached to an aromatic ring is 2. The number of pyridine rings is 2. The molecule has 0 saturated carbocycles. The Morgan fingerprint density at radius 3 is 1.66 bits per heavy atom. The molecule has 14 heteroatoms. The highest BCUT2D eigenvalue weighted by Gasteiger charge is 2.51. The van der Waals surface area contributed by atoms with Gasteiger partial charge in [0.2, 0.25) is 0 Å². The maximum absolute atomic E-state index is 7.21. The lowest BCUT2D eigenvalue weighted by molar-refractivity contribution is 0.00578. The molecule has 1 fully saturated rings. The molecule has 0 amide bonds. The van der Waals surface area contributed by atoms with Crippen LogP contribution in [0, 0.1) is 13.1 Å². The lowest BCUT2D eigenvalue weighted by Gasteiger charge is -2.32. The van der Waals surface area contributed by atoms with E-state index < -0.39 is 7.12 Å². The van der Waals surface area contributed by atoms with Gasteiger partial charge in [-0.25, -0.2) is 19.1 Å². The monoisotopic (exact) mass is 828 g/mol. The molecule has 8 aromatic rings. The first-order valence-corrected chi connectivity index (χ1v) is 19.0. The summed E-state index contributed by atoms with van der Waals surface area (Å²) >= 11 is 3.22. The SMILES string of the molecule is Nc1cncc(Br)c1.[C-]#[N+]c1cccc(-n2ncc3ccc(-c4cncc(N)c4)cc32)c1.[C-]#[N+]c1cccc(-n2ncc3ccc(B4OC(C)(C)C(C)(C)O4)cc32)c1. The number of nitrogens with two attached hydrogens (primary N) is 2. The van der Waals surface area contributed by atoms with E-state index in [0.717, 1.165) is 54.2 Å². The minimum atomic E-state index is -0.415. The number of aromatic nitrogens is 6. The topological polar surface area (TPSA) is 141 Å². The summed E-state index contributed by atoms with van der Waals surface area (Å²) < 4.78 is 16.9. The van der Waals surface area contributed by atoms with Crippen LogP contribution in [0.15, 0.2) is 139 Å². The maximum Gasteiger partial charge on any atom is 0.494 e. The molecule has 1 saturated heterocycles. The molecule has 0 spiro atoms. The van der Waals surface area contributed by atoms with Crippen molar-refractivity contribution in [3.63, 3.8) is 0 Å². The number of fused-ring (bicyclic) bond motifs is 2. The first-order chi connectivity index (χ1) is 27.8. The normalized spacial score (nSPS) is 13.8. The van der Waals surface area contributed by atoms with E-state index in [1.165, 1.54) is 0 Å². The Hall–Kier alpha value is -6.84. The van der Waals surface area contributed by atoms with Gasteiger partial charge in [-0.05, 0) is 103 Å². The maximum atomic E-state index is 7.21. The molecule has 286 valence electrons. The van der Waals surface area contributed by atoms with Gasteiger partial charge in [-0.3, -0.25) is 9.97 Å². The highest BCUT2D eigenvalue weighted by molar-refractivity contribution is 9.10. The summed E-state index contributed by atoms with van der Waals surface area (Å²) in [5.41, 5.74) is 19.5. The van der Waals surface area contributed by atoms with Crippen LogP contribution in [-0.4, -0.2) is 47.8 Å². The Bertz CT molecular complexity index is 2820. The standard InChI is InChI=1S/C20H20BN3O2.C19H13N5.C5H5BrN2/c1-19(2)20(3,4)26-21(25-19)15-10-9-14-13-23-24(18(14)11-15)17-8-6-7-16(12-17)22-5;1-21-17-3-2-4-18(9-17)24-19-8-13(5-6-14(19)11-23-24)15-7-16(20)12-22-10-15;6-4-1-5(7)3-8-2-4/h6-13H,1-4H3;2-12H,20H2;1-3H,7H2. The molecule has 0 bridgehead atoms. The molecular weight excluding hydrogens is 791 g/mol. The quantitative estimate of drug-likeness (QED) is 0.132. The highest BCUT2D eigenvalue weighted by atomic mass is 79.9. The van der Waals surface area contributed by atoms with Crippen LogP contribution in [0.4, 0.5) is 22.7 Å². The Morgan fingerprint density at radius 1 is 0.603 bits per heavy atom. The van der Waals surface area contributed by atoms with Gasteiger partial charge in [0, 0.05) is 45.6 Å². The van der Waals surface area contributed by atoms with Crippen molar-refractivity contribution in [3.8, 4) is 22.5 Å². The number of anilines is 2. The van der Waals surface area contributed by atoms with Crippen LogP contribution in [0.3, 0.4) is 0 Å². The lowest BCUT2D eigenvalue weighted by atomic mass is 9.79. The third-order valence-electron chi connectivity index (χ3n) is 9.92. The molecule has 12 nitrogen and oxygen atoms in total. The van der Waals surface area contributed by atoms with Crippen LogP contribution >= 0.6 is 15.9 Å². The zero-order valence-corrected chi connectivity index (χ0v) is 33.8. The first-order valence-electron chi connectivity index (χ1n) is 18.2. The van der Waals surface area contributed by atoms with E-state index in [1.54, 1.807) is 43.0 Å². The predicted octanol–water partition coefficient (Wildman–Crippen LogP) is 9.52. The van der Waals surface area contributed by atoms with Crippen LogP contribution in [0.1, 0.15) is 27.7 Å². The van der Waals surface area contributed by atoms with Crippen LogP contribution in [0.25, 0.3) is 54.0 Å². The smallest absolute Gasteiger partial charge is 0.399 e. The van der Waals surface area contributed by atoms with Crippen molar-refractivity contribution < 1.29 is 9.31 Å². The van der Waals surface area contributed by atoms with E-state index in [4.69, 9.17) is 33.9 Å². The molecule has 4 N–H and O–H groups in total. The second kappa shape index (κ2) is 16.3. The summed E-state index contributed by atoms with van der Waals surface area (Å²) in [6.07, 6.45) is 10.4. The number of benzene rings is 4. The molecule has 4 aromatic carbocycles. The van der Waals surface area contributed by atoms with Crippen LogP contribution in [0.5, 0.6) is 0 Å². The number of hydrogen-bond acceptors (Lipinski definition) is 8. The van der Waals surface area contributed by atoms with Crippen molar-refractivity contribution in [1.82, 2.24) is 29.5 Å². The fraction of sp³-hybridized carbons (Fsp3) is 0.136. The molecule has 4 aromatic heterocycles. The second-order valence-electron chi connectivity index (χ2n) is 14.5. The second-order valence-corrected chi connectivity index (χ2v) is 15.4. The largest absolute Gasteiger partial charge is 0.494 e. The van der Waals surface area contributed by atoms with Gasteiger partial charge < -0.3 is 20.8 Å². The van der Waals surface area contributed by atoms with Gasteiger partial charge in [0.25, 0.3) is 0 Å². The summed E-state index contributed by atoms with van der Waals surface area (Å²) in [5, 5.41) is 11.0. The van der Waals surface area contributed by atoms with E-state index in [2.05, 4.69) is 57.9 Å². The van der Waals surface area contributed by atoms with E-state index in [0.29, 0.717) is 22.7 Å². The molecule has 1 aliphatic heterocycles. The third kappa shape index (κ3) is 8.45. The number of hydrogen-bond donors (Lipinski definition) is 2. The van der Waals surface area contributed by atoms with Crippen molar-refractivity contribution in [3.05, 3.63) is 162 Å². The van der Waals surface area contributed by atoms with Gasteiger partial charge in [-0.15, -0.1) is 0 Å². The number of rotatable bonds is 4. The molecule has 0 aliphatic carbocycles. The third-order valence-corrected chi connectivity index (χ3v) is 10.4. The van der Waals surface area contributed by atoms with Crippen molar-refractivity contribution in [1.29, 1.82) is 0 Å². The minimum absolute atomic E-state index is 0.378. The number of nitrogens with zero attached hydrogens (tertiary/aromatic N) is 8. The fourth-order valence-corrected chi connectivity index (χ4v) is 6.59. The van der Waals surface area contributed by atoms with Gasteiger partial charge in [-0.2, -0.15) is 10.2 Å². The van der Waals surface area contributed by atoms with Gasteiger partial charge in [0.1, 0.15) is 0 Å². The molecule has 0 atom stereocenters. The first kappa shape index (κ1) is 39.4. The summed E-state index contributed by atoms with van der Waals surface area (Å²) in [6, 6.07) is 30.8. The molecule has 58 heavy (non-hydrogen) atoms. The number of halogens is 1. The van der Waals surface area contributed by atoms with Gasteiger partial charge >= 0.3 is 7.12 Å². The zero-order valence-electron chi connectivity index (χ0n) is 32.2. The predicted molar refractivity (Wildman–Crippen MR) is 234 cm³/mol. The Kier molecular flexibility index (Phi) is 11.1. The zero-order chi connectivity index (χ0) is 41.0. The van der Waals surface area contributed by atoms with Crippen molar-refractivity contribution in [2.45, 2.75) is 38.9 Å². The summed E-state index contributed by atoms with van der Waals surface area (Å²) in [7, 11) is -0.415. The molecule has 0 unspecified atom stereocenters. The fourth-order valence-electron chi connectivity index (χ4n) is 6.20. The average molecular weight is 830 g/mol. The molecule has 9 rings (SSSR count). The summed E-state index contributed by atoms with van der Waals surface area (Å²) in [4.78, 5) is 14.9. The highest BCUT2D eigenvalue weighted by Crippen LogP contribution is 2.37. The van der Waals surface area contributed by atoms with Gasteiger partial charge in [0.05, 0.1) is 70.5 Å². The summed E-state index contributed by atoms with van der Waals surface area (Å²) in [6.45, 7) is 22.6. The van der Waals surface area contributed by atoms with E-state index in [-0.39, 0.29) is 11.2 Å². The van der Waals surface area contributed by atoms with Crippen LogP contribution in [-0.2, 0) is 9.31 Å². The molecule has 5 heterocycles. The molecule has 0 radical (unpaired) electrons. The molecule has 1 aliphatic rings. The Morgan fingerprint density at radius 2 is 1.14 bits per heavy atom.